The van der Waals surface area contributed by atoms with E-state index in [0.717, 1.165) is 0 Å². The number of hydrogen-bond acceptors (Lipinski definition) is 4. The number of nitrogens with zero attached hydrogens (tertiary/aromatic N) is 1. The molecule has 1 saturated heterocycles. The van der Waals surface area contributed by atoms with Gasteiger partial charge in [0.25, 0.3) is 0 Å². The van der Waals surface area contributed by atoms with Crippen LogP contribution < -0.4 is 10.1 Å². The van der Waals surface area contributed by atoms with Crippen LogP contribution in [-0.2, 0) is 4.74 Å². The molecule has 7 nitrogen and oxygen atoms in total. The summed E-state index contributed by atoms with van der Waals surface area (Å²) in [6.07, 6.45) is 0.554. The highest BCUT2D eigenvalue weighted by Gasteiger charge is 2.48. The number of urea groups is 1. The third-order valence-corrected chi connectivity index (χ3v) is 4.18. The van der Waals surface area contributed by atoms with Crippen LogP contribution in [0.15, 0.2) is 18.2 Å². The summed E-state index contributed by atoms with van der Waals surface area (Å²) in [5.74, 6) is -0.397. The molecule has 1 aromatic rings. The van der Waals surface area contributed by atoms with Crippen molar-refractivity contribution in [2.24, 2.45) is 0 Å². The first-order valence-electron chi connectivity index (χ1n) is 7.08. The van der Waals surface area contributed by atoms with Gasteiger partial charge in [-0.2, -0.15) is 0 Å². The minimum atomic E-state index is -1.00. The molecule has 7 heteroatoms. The predicted molar refractivity (Wildman–Crippen MR) is 76.9 cm³/mol. The zero-order chi connectivity index (χ0) is 15.9. The monoisotopic (exact) mass is 306 g/mol. The first-order chi connectivity index (χ1) is 10.4. The minimum Gasteiger partial charge on any atom is -0.478 e. The van der Waals surface area contributed by atoms with Crippen LogP contribution in [0.3, 0.4) is 0 Å². The molecular weight excluding hydrogens is 288 g/mol. The summed E-state index contributed by atoms with van der Waals surface area (Å²) in [6.45, 7) is 2.71. The first kappa shape index (κ1) is 14.6. The highest BCUT2D eigenvalue weighted by Crippen LogP contribution is 2.44. The number of ether oxygens (including phenoxy) is 2. The zero-order valence-electron chi connectivity index (χ0n) is 12.5. The van der Waals surface area contributed by atoms with E-state index in [1.165, 1.54) is 6.07 Å². The maximum atomic E-state index is 12.3. The topological polar surface area (TPSA) is 88.1 Å². The van der Waals surface area contributed by atoms with Gasteiger partial charge >= 0.3 is 12.0 Å². The summed E-state index contributed by atoms with van der Waals surface area (Å²) in [5, 5.41) is 12.0. The van der Waals surface area contributed by atoms with Gasteiger partial charge in [-0.1, -0.05) is 0 Å². The van der Waals surface area contributed by atoms with Crippen LogP contribution in [-0.4, -0.2) is 48.0 Å². The van der Waals surface area contributed by atoms with Crippen LogP contribution >= 0.6 is 0 Å². The molecule has 2 bridgehead atoms. The number of carbonyl (C=O) groups excluding carboxylic acids is 1. The molecule has 2 aliphatic rings. The van der Waals surface area contributed by atoms with Gasteiger partial charge in [0.1, 0.15) is 5.75 Å². The fraction of sp³-hybridized carbons (Fsp3) is 0.467. The van der Waals surface area contributed by atoms with Crippen LogP contribution in [0.4, 0.5) is 4.79 Å². The van der Waals surface area contributed by atoms with E-state index in [1.54, 1.807) is 24.1 Å². The number of hydrogen-bond donors (Lipinski definition) is 2. The number of benzene rings is 1. The Hall–Kier alpha value is -2.28. The van der Waals surface area contributed by atoms with Gasteiger partial charge in [0.2, 0.25) is 0 Å². The second-order valence-electron chi connectivity index (χ2n) is 5.69. The lowest BCUT2D eigenvalue weighted by molar-refractivity contribution is -0.0892. The third-order valence-electron chi connectivity index (χ3n) is 4.18. The van der Waals surface area contributed by atoms with Crippen molar-refractivity contribution in [2.75, 3.05) is 20.3 Å². The van der Waals surface area contributed by atoms with Crippen LogP contribution in [0.25, 0.3) is 0 Å². The third kappa shape index (κ3) is 2.27. The first-order valence-corrected chi connectivity index (χ1v) is 7.08. The number of fused-ring (bicyclic) bond motifs is 4. The molecule has 0 unspecified atom stereocenters. The number of rotatable bonds is 4. The average Bonchev–Trinajstić information content (AvgIpc) is 2.46. The highest BCUT2D eigenvalue weighted by molar-refractivity contribution is 5.88. The van der Waals surface area contributed by atoms with Gasteiger partial charge in [-0.05, 0) is 25.1 Å². The Morgan fingerprint density at radius 1 is 1.59 bits per heavy atom. The summed E-state index contributed by atoms with van der Waals surface area (Å²) >= 11 is 0. The van der Waals surface area contributed by atoms with Gasteiger partial charge in [-0.3, -0.25) is 4.90 Å². The number of carboxylic acids is 1. The number of methoxy groups -OCH3 is 1. The standard InChI is InChI=1S/C15H18N2O5/c1-15-8-11(16-14(20)17(15)5-6-21-2)10-7-9(13(18)19)3-4-12(10)22-15/h3-4,7,11H,5-6,8H2,1-2H3,(H,16,20)(H,18,19)/t11-,15-/m1/s1. The summed E-state index contributed by atoms with van der Waals surface area (Å²) in [5.41, 5.74) is 0.127. The van der Waals surface area contributed by atoms with E-state index in [0.29, 0.717) is 30.9 Å². The quantitative estimate of drug-likeness (QED) is 0.882. The van der Waals surface area contributed by atoms with Gasteiger partial charge < -0.3 is 19.9 Å². The van der Waals surface area contributed by atoms with Gasteiger partial charge in [-0.15, -0.1) is 0 Å². The Labute approximate surface area is 127 Å². The fourth-order valence-corrected chi connectivity index (χ4v) is 3.07. The lowest BCUT2D eigenvalue weighted by Crippen LogP contribution is -2.65. The smallest absolute Gasteiger partial charge is 0.335 e. The van der Waals surface area contributed by atoms with Crippen molar-refractivity contribution >= 4 is 12.0 Å². The molecule has 1 fully saturated rings. The van der Waals surface area contributed by atoms with E-state index in [9.17, 15) is 9.59 Å². The molecule has 0 saturated carbocycles. The number of carbonyl (C=O) groups is 2. The molecule has 0 aromatic heterocycles. The Balaban J connectivity index is 1.96. The highest BCUT2D eigenvalue weighted by atomic mass is 16.5. The Bertz CT molecular complexity index is 632. The van der Waals surface area contributed by atoms with Crippen molar-refractivity contribution in [2.45, 2.75) is 25.1 Å². The van der Waals surface area contributed by atoms with Crippen molar-refractivity contribution in [3.8, 4) is 5.75 Å². The summed E-state index contributed by atoms with van der Waals surface area (Å²) < 4.78 is 11.1. The molecule has 2 amide bonds. The van der Waals surface area contributed by atoms with Gasteiger partial charge in [0, 0.05) is 25.6 Å². The van der Waals surface area contributed by atoms with Crippen molar-refractivity contribution in [1.29, 1.82) is 0 Å². The van der Waals surface area contributed by atoms with Crippen molar-refractivity contribution in [3.05, 3.63) is 29.3 Å². The number of amides is 2. The summed E-state index contributed by atoms with van der Waals surface area (Å²) in [6, 6.07) is 4.23. The largest absolute Gasteiger partial charge is 0.478 e. The van der Waals surface area contributed by atoms with Crippen molar-refractivity contribution in [3.63, 3.8) is 0 Å². The molecule has 2 heterocycles. The van der Waals surface area contributed by atoms with Crippen LogP contribution in [0.2, 0.25) is 0 Å². The van der Waals surface area contributed by atoms with Crippen LogP contribution in [0.5, 0.6) is 5.75 Å². The number of nitrogens with one attached hydrogen (secondary N) is 1. The van der Waals surface area contributed by atoms with E-state index in [4.69, 9.17) is 14.6 Å². The Morgan fingerprint density at radius 2 is 2.36 bits per heavy atom. The molecule has 0 spiro atoms. The summed E-state index contributed by atoms with van der Waals surface area (Å²) in [4.78, 5) is 25.0. The molecule has 2 aliphatic heterocycles. The van der Waals surface area contributed by atoms with Gasteiger partial charge in [0.15, 0.2) is 5.72 Å². The Morgan fingerprint density at radius 3 is 3.05 bits per heavy atom. The van der Waals surface area contributed by atoms with E-state index in [1.807, 2.05) is 6.92 Å². The van der Waals surface area contributed by atoms with Gasteiger partial charge in [-0.25, -0.2) is 9.59 Å². The molecule has 0 radical (unpaired) electrons. The van der Waals surface area contributed by atoms with Crippen LogP contribution in [0, 0.1) is 0 Å². The van der Waals surface area contributed by atoms with E-state index in [-0.39, 0.29) is 17.6 Å². The minimum absolute atomic E-state index is 0.182. The zero-order valence-corrected chi connectivity index (χ0v) is 12.5. The van der Waals surface area contributed by atoms with E-state index < -0.39 is 11.7 Å². The maximum absolute atomic E-state index is 12.3. The normalized spacial score (nSPS) is 26.0. The Kier molecular flexibility index (Phi) is 3.44. The second kappa shape index (κ2) is 5.17. The lowest BCUT2D eigenvalue weighted by atomic mass is 9.89. The number of carboxylic acid groups (broad SMARTS) is 1. The maximum Gasteiger partial charge on any atom is 0.335 e. The number of aromatic carboxylic acids is 1. The molecule has 0 aliphatic carbocycles. The molecule has 22 heavy (non-hydrogen) atoms. The summed E-state index contributed by atoms with van der Waals surface area (Å²) in [7, 11) is 1.58. The molecule has 2 atom stereocenters. The lowest BCUT2D eigenvalue weighted by Gasteiger charge is -2.50. The van der Waals surface area contributed by atoms with E-state index >= 15 is 0 Å². The molecular formula is C15H18N2O5. The molecule has 1 aromatic carbocycles. The van der Waals surface area contributed by atoms with Gasteiger partial charge in [0.05, 0.1) is 18.2 Å². The predicted octanol–water partition coefficient (Wildman–Crippen LogP) is 1.60. The SMILES string of the molecule is COCCN1C(=O)N[C@@H]2C[C@@]1(C)Oc1ccc(C(=O)O)cc12. The molecule has 2 N–H and O–H groups in total. The average molecular weight is 306 g/mol. The van der Waals surface area contributed by atoms with Crippen molar-refractivity contribution in [1.82, 2.24) is 10.2 Å². The van der Waals surface area contributed by atoms with E-state index in [2.05, 4.69) is 5.32 Å². The molecule has 118 valence electrons. The van der Waals surface area contributed by atoms with Crippen LogP contribution in [0.1, 0.15) is 35.3 Å². The molecule has 3 rings (SSSR count). The second-order valence-corrected chi connectivity index (χ2v) is 5.69. The fourth-order valence-electron chi connectivity index (χ4n) is 3.07. The van der Waals surface area contributed by atoms with Crippen molar-refractivity contribution < 1.29 is 24.2 Å².